The van der Waals surface area contributed by atoms with Gasteiger partial charge in [-0.3, -0.25) is 4.79 Å². The summed E-state index contributed by atoms with van der Waals surface area (Å²) in [5.74, 6) is 0. The number of hydrogen-bond acceptors (Lipinski definition) is 2. The highest BCUT2D eigenvalue weighted by molar-refractivity contribution is 5.46. The summed E-state index contributed by atoms with van der Waals surface area (Å²) in [6.07, 6.45) is 4.76. The average molecular weight is 164 g/mol. The molecular weight excluding hydrogens is 152 g/mol. The molecule has 1 aromatic heterocycles. The van der Waals surface area contributed by atoms with Gasteiger partial charge in [0, 0.05) is 29.6 Å². The predicted octanol–water partition coefficient (Wildman–Crippen LogP) is 1.04. The van der Waals surface area contributed by atoms with Crippen LogP contribution in [0.5, 0.6) is 0 Å². The number of H-pyrrole nitrogens is 1. The van der Waals surface area contributed by atoms with Crippen LogP contribution in [0.4, 0.5) is 0 Å². The fourth-order valence-electron chi connectivity index (χ4n) is 1.01. The van der Waals surface area contributed by atoms with Gasteiger partial charge >= 0.3 is 0 Å². The first kappa shape index (κ1) is 8.74. The predicted molar refractivity (Wildman–Crippen MR) is 49.8 cm³/mol. The van der Waals surface area contributed by atoms with Gasteiger partial charge in [0.2, 0.25) is 0 Å². The van der Waals surface area contributed by atoms with Gasteiger partial charge in [-0.1, -0.05) is 12.7 Å². The van der Waals surface area contributed by atoms with Crippen molar-refractivity contribution in [1.82, 2.24) is 4.98 Å². The fourth-order valence-corrected chi connectivity index (χ4v) is 1.01. The van der Waals surface area contributed by atoms with E-state index >= 15 is 0 Å². The van der Waals surface area contributed by atoms with Gasteiger partial charge in [-0.2, -0.15) is 0 Å². The third kappa shape index (κ3) is 1.46. The first-order chi connectivity index (χ1) is 5.66. The lowest BCUT2D eigenvalue weighted by molar-refractivity contribution is 0.802. The third-order valence-corrected chi connectivity index (χ3v) is 1.71. The van der Waals surface area contributed by atoms with E-state index in [4.69, 9.17) is 5.73 Å². The van der Waals surface area contributed by atoms with Crippen LogP contribution in [0.1, 0.15) is 24.1 Å². The molecule has 0 aliphatic carbocycles. The molecular formula is C9H12N2O. The van der Waals surface area contributed by atoms with E-state index in [1.165, 1.54) is 6.08 Å². The SMILES string of the molecule is C=Cc1c[nH]cc([C@H](C)N)c1=O. The molecule has 0 spiro atoms. The van der Waals surface area contributed by atoms with Gasteiger partial charge < -0.3 is 10.7 Å². The summed E-state index contributed by atoms with van der Waals surface area (Å²) < 4.78 is 0. The maximum Gasteiger partial charge on any atom is 0.193 e. The summed E-state index contributed by atoms with van der Waals surface area (Å²) >= 11 is 0. The van der Waals surface area contributed by atoms with Crippen molar-refractivity contribution < 1.29 is 0 Å². The van der Waals surface area contributed by atoms with E-state index in [1.54, 1.807) is 19.3 Å². The molecule has 1 atom stereocenters. The molecule has 0 aromatic carbocycles. The highest BCUT2D eigenvalue weighted by Crippen LogP contribution is 2.03. The average Bonchev–Trinajstić information content (AvgIpc) is 2.04. The van der Waals surface area contributed by atoms with Crippen molar-refractivity contribution in [2.75, 3.05) is 0 Å². The summed E-state index contributed by atoms with van der Waals surface area (Å²) in [5, 5.41) is 0. The second-order valence-electron chi connectivity index (χ2n) is 2.69. The summed E-state index contributed by atoms with van der Waals surface area (Å²) in [7, 11) is 0. The Hall–Kier alpha value is -1.35. The minimum absolute atomic E-state index is 0.0428. The number of rotatable bonds is 2. The van der Waals surface area contributed by atoms with E-state index in [9.17, 15) is 4.79 Å². The molecule has 3 heteroatoms. The highest BCUT2D eigenvalue weighted by Gasteiger charge is 2.05. The molecule has 0 aliphatic heterocycles. The molecule has 0 unspecified atom stereocenters. The smallest absolute Gasteiger partial charge is 0.193 e. The molecule has 1 rings (SSSR count). The van der Waals surface area contributed by atoms with Crippen LogP contribution >= 0.6 is 0 Å². The largest absolute Gasteiger partial charge is 0.367 e. The van der Waals surface area contributed by atoms with Crippen molar-refractivity contribution in [2.45, 2.75) is 13.0 Å². The highest BCUT2D eigenvalue weighted by atomic mass is 16.1. The molecule has 1 aromatic rings. The van der Waals surface area contributed by atoms with Crippen molar-refractivity contribution in [1.29, 1.82) is 0 Å². The first-order valence-corrected chi connectivity index (χ1v) is 3.76. The summed E-state index contributed by atoms with van der Waals surface area (Å²) in [5.41, 5.74) is 6.69. The van der Waals surface area contributed by atoms with Gasteiger partial charge in [-0.05, 0) is 6.92 Å². The Morgan fingerprint density at radius 1 is 1.67 bits per heavy atom. The zero-order valence-corrected chi connectivity index (χ0v) is 7.00. The van der Waals surface area contributed by atoms with Crippen LogP contribution < -0.4 is 11.2 Å². The Balaban J connectivity index is 3.33. The van der Waals surface area contributed by atoms with Gasteiger partial charge in [-0.25, -0.2) is 0 Å². The minimum Gasteiger partial charge on any atom is -0.367 e. The number of nitrogens with one attached hydrogen (secondary N) is 1. The molecule has 3 nitrogen and oxygen atoms in total. The summed E-state index contributed by atoms with van der Waals surface area (Å²) in [4.78, 5) is 14.3. The molecule has 0 aliphatic rings. The Labute approximate surface area is 70.9 Å². The van der Waals surface area contributed by atoms with Crippen LogP contribution in [0.2, 0.25) is 0 Å². The lowest BCUT2D eigenvalue weighted by Crippen LogP contribution is -2.19. The van der Waals surface area contributed by atoms with Gasteiger partial charge in [0.15, 0.2) is 5.43 Å². The van der Waals surface area contributed by atoms with Crippen molar-refractivity contribution in [3.8, 4) is 0 Å². The second kappa shape index (κ2) is 3.36. The van der Waals surface area contributed by atoms with Crippen molar-refractivity contribution >= 4 is 6.08 Å². The van der Waals surface area contributed by atoms with E-state index in [2.05, 4.69) is 11.6 Å². The molecule has 3 N–H and O–H groups in total. The Morgan fingerprint density at radius 3 is 2.83 bits per heavy atom. The van der Waals surface area contributed by atoms with Gasteiger partial charge in [0.25, 0.3) is 0 Å². The number of hydrogen-bond donors (Lipinski definition) is 2. The first-order valence-electron chi connectivity index (χ1n) is 3.76. The molecule has 0 bridgehead atoms. The zero-order chi connectivity index (χ0) is 9.14. The van der Waals surface area contributed by atoms with Gasteiger partial charge in [0.05, 0.1) is 0 Å². The molecule has 64 valence electrons. The molecule has 0 saturated carbocycles. The molecule has 0 fully saturated rings. The molecule has 0 radical (unpaired) electrons. The van der Waals surface area contributed by atoms with Crippen LogP contribution in [-0.2, 0) is 0 Å². The van der Waals surface area contributed by atoms with Crippen molar-refractivity contribution in [2.24, 2.45) is 5.73 Å². The monoisotopic (exact) mass is 164 g/mol. The molecule has 1 heterocycles. The minimum atomic E-state index is -0.242. The van der Waals surface area contributed by atoms with Crippen molar-refractivity contribution in [3.05, 3.63) is 40.3 Å². The normalized spacial score (nSPS) is 12.5. The third-order valence-electron chi connectivity index (χ3n) is 1.71. The molecule has 12 heavy (non-hydrogen) atoms. The van der Waals surface area contributed by atoms with Crippen LogP contribution in [0.15, 0.2) is 23.8 Å². The zero-order valence-electron chi connectivity index (χ0n) is 7.00. The lowest BCUT2D eigenvalue weighted by atomic mass is 10.1. The standard InChI is InChI=1S/C9H12N2O/c1-3-7-4-11-5-8(6(2)10)9(7)12/h3-6H,1,10H2,2H3,(H,11,12)/t6-/m0/s1. The Morgan fingerprint density at radius 2 is 2.33 bits per heavy atom. The van der Waals surface area contributed by atoms with Crippen molar-refractivity contribution in [3.63, 3.8) is 0 Å². The van der Waals surface area contributed by atoms with Crippen LogP contribution in [0, 0.1) is 0 Å². The maximum atomic E-state index is 11.5. The number of aromatic nitrogens is 1. The number of pyridine rings is 1. The second-order valence-corrected chi connectivity index (χ2v) is 2.69. The quantitative estimate of drug-likeness (QED) is 0.686. The van der Waals surface area contributed by atoms with E-state index in [1.807, 2.05) is 0 Å². The fraction of sp³-hybridized carbons (Fsp3) is 0.222. The van der Waals surface area contributed by atoms with E-state index in [0.717, 1.165) is 0 Å². The van der Waals surface area contributed by atoms with Gasteiger partial charge in [-0.15, -0.1) is 0 Å². The number of aromatic amines is 1. The molecule has 0 saturated heterocycles. The van der Waals surface area contributed by atoms with E-state index < -0.39 is 0 Å². The van der Waals surface area contributed by atoms with Crippen LogP contribution in [-0.4, -0.2) is 4.98 Å². The number of nitrogens with two attached hydrogens (primary N) is 1. The summed E-state index contributed by atoms with van der Waals surface area (Å²) in [6.45, 7) is 5.31. The molecule has 0 amide bonds. The summed E-state index contributed by atoms with van der Waals surface area (Å²) in [6, 6.07) is -0.242. The van der Waals surface area contributed by atoms with Crippen LogP contribution in [0.25, 0.3) is 6.08 Å². The Kier molecular flexibility index (Phi) is 2.45. The lowest BCUT2D eigenvalue weighted by Gasteiger charge is -2.04. The van der Waals surface area contributed by atoms with E-state index in [0.29, 0.717) is 11.1 Å². The maximum absolute atomic E-state index is 11.5. The van der Waals surface area contributed by atoms with Crippen LogP contribution in [0.3, 0.4) is 0 Å². The topological polar surface area (TPSA) is 58.9 Å². The van der Waals surface area contributed by atoms with Gasteiger partial charge in [0.1, 0.15) is 0 Å². The van der Waals surface area contributed by atoms with E-state index in [-0.39, 0.29) is 11.5 Å². The Bertz CT molecular complexity index is 339.